The Balaban J connectivity index is 1.76. The van der Waals surface area contributed by atoms with Crippen LogP contribution in [0.25, 0.3) is 6.08 Å². The van der Waals surface area contributed by atoms with Crippen LogP contribution in [0.5, 0.6) is 23.0 Å². The van der Waals surface area contributed by atoms with Crippen LogP contribution in [0.15, 0.2) is 42.5 Å². The topological polar surface area (TPSA) is 66.0 Å². The van der Waals surface area contributed by atoms with Gasteiger partial charge in [-0.05, 0) is 47.9 Å². The third-order valence-electron chi connectivity index (χ3n) is 4.74. The molecule has 29 heavy (non-hydrogen) atoms. The second-order valence-corrected chi connectivity index (χ2v) is 7.07. The maximum Gasteiger partial charge on any atom is 0.244 e. The smallest absolute Gasteiger partial charge is 0.244 e. The van der Waals surface area contributed by atoms with E-state index in [0.29, 0.717) is 30.5 Å². The lowest BCUT2D eigenvalue weighted by Gasteiger charge is -2.25. The monoisotopic (exact) mass is 397 g/mol. The second-order valence-electron chi connectivity index (χ2n) is 7.07. The summed E-state index contributed by atoms with van der Waals surface area (Å²) in [4.78, 5) is 12.6. The predicted octanol–water partition coefficient (Wildman–Crippen LogP) is 4.00. The Morgan fingerprint density at radius 2 is 1.79 bits per heavy atom. The van der Waals surface area contributed by atoms with Crippen molar-refractivity contribution in [2.45, 2.75) is 19.9 Å². The minimum absolute atomic E-state index is 0.157. The molecule has 0 unspecified atom stereocenters. The molecule has 0 bridgehead atoms. The van der Waals surface area contributed by atoms with Crippen molar-refractivity contribution in [3.8, 4) is 23.0 Å². The predicted molar refractivity (Wildman–Crippen MR) is 112 cm³/mol. The van der Waals surface area contributed by atoms with E-state index in [1.54, 1.807) is 20.3 Å². The Labute approximate surface area is 171 Å². The Hall–Kier alpha value is -3.15. The van der Waals surface area contributed by atoms with Crippen LogP contribution in [0, 0.1) is 5.92 Å². The number of ether oxygens (including phenoxy) is 4. The van der Waals surface area contributed by atoms with Crippen LogP contribution >= 0.6 is 0 Å². The minimum Gasteiger partial charge on any atom is -0.497 e. The van der Waals surface area contributed by atoms with E-state index in [4.69, 9.17) is 18.9 Å². The molecule has 0 saturated heterocycles. The second kappa shape index (κ2) is 9.37. The lowest BCUT2D eigenvalue weighted by atomic mass is 9.95. The number of carbonyl (C=O) groups excluding carboxylic acids is 1. The van der Waals surface area contributed by atoms with Crippen LogP contribution in [0.4, 0.5) is 0 Å². The van der Waals surface area contributed by atoms with Gasteiger partial charge in [-0.1, -0.05) is 19.9 Å². The molecular weight excluding hydrogens is 370 g/mol. The highest BCUT2D eigenvalue weighted by Gasteiger charge is 2.20. The molecule has 0 radical (unpaired) electrons. The van der Waals surface area contributed by atoms with Gasteiger partial charge in [0.25, 0.3) is 0 Å². The zero-order valence-electron chi connectivity index (χ0n) is 17.2. The van der Waals surface area contributed by atoms with Gasteiger partial charge in [-0.2, -0.15) is 0 Å². The summed E-state index contributed by atoms with van der Waals surface area (Å²) < 4.78 is 21.9. The maximum atomic E-state index is 12.6. The summed E-state index contributed by atoms with van der Waals surface area (Å²) in [5, 5.41) is 3.08. The number of rotatable bonds is 7. The van der Waals surface area contributed by atoms with Crippen LogP contribution in [0.1, 0.15) is 31.0 Å². The van der Waals surface area contributed by atoms with E-state index in [9.17, 15) is 4.79 Å². The first-order chi connectivity index (χ1) is 14.0. The molecule has 154 valence electrons. The van der Waals surface area contributed by atoms with Gasteiger partial charge in [-0.25, -0.2) is 0 Å². The highest BCUT2D eigenvalue weighted by Crippen LogP contribution is 2.34. The first kappa shape index (κ1) is 20.6. The highest BCUT2D eigenvalue weighted by atomic mass is 16.6. The standard InChI is InChI=1S/C23H27NO5/c1-15(2)23(17-5-8-20-21(14-17)29-12-11-28-20)24-22(25)10-6-16-13-18(26-3)7-9-19(16)27-4/h5-10,13-15,23H,11-12H2,1-4H3,(H,24,25)/b10-6+/t23-/m1/s1. The molecule has 3 rings (SSSR count). The number of fused-ring (bicyclic) bond motifs is 1. The SMILES string of the molecule is COc1ccc(OC)c(/C=C/C(=O)N[C@@H](c2ccc3c(c2)OCCO3)C(C)C)c1. The van der Waals surface area contributed by atoms with E-state index in [0.717, 1.165) is 16.9 Å². The minimum atomic E-state index is -0.191. The van der Waals surface area contributed by atoms with Crippen LogP contribution in [0.2, 0.25) is 0 Å². The summed E-state index contributed by atoms with van der Waals surface area (Å²) in [6, 6.07) is 11.1. The molecule has 1 aliphatic rings. The van der Waals surface area contributed by atoms with Gasteiger partial charge in [0, 0.05) is 11.6 Å². The molecule has 0 aliphatic carbocycles. The van der Waals surface area contributed by atoms with Gasteiger partial charge < -0.3 is 24.3 Å². The van der Waals surface area contributed by atoms with E-state index in [2.05, 4.69) is 19.2 Å². The molecule has 1 aliphatic heterocycles. The summed E-state index contributed by atoms with van der Waals surface area (Å²) in [6.07, 6.45) is 3.22. The van der Waals surface area contributed by atoms with Gasteiger partial charge in [-0.3, -0.25) is 4.79 Å². The summed E-state index contributed by atoms with van der Waals surface area (Å²) in [5.74, 6) is 2.82. The first-order valence-electron chi connectivity index (χ1n) is 9.62. The Morgan fingerprint density at radius 1 is 1.03 bits per heavy atom. The molecule has 0 saturated carbocycles. The summed E-state index contributed by atoms with van der Waals surface area (Å²) in [6.45, 7) is 5.21. The number of methoxy groups -OCH3 is 2. The van der Waals surface area contributed by atoms with Gasteiger partial charge in [0.15, 0.2) is 11.5 Å². The third kappa shape index (κ3) is 5.02. The third-order valence-corrected chi connectivity index (χ3v) is 4.74. The van der Waals surface area contributed by atoms with Crippen LogP contribution in [0.3, 0.4) is 0 Å². The number of nitrogens with one attached hydrogen (secondary N) is 1. The number of amides is 1. The fourth-order valence-electron chi connectivity index (χ4n) is 3.22. The normalized spacial score (nSPS) is 14.0. The molecule has 0 fully saturated rings. The molecule has 1 heterocycles. The number of hydrogen-bond acceptors (Lipinski definition) is 5. The lowest BCUT2D eigenvalue weighted by molar-refractivity contribution is -0.117. The largest absolute Gasteiger partial charge is 0.497 e. The van der Waals surface area contributed by atoms with Gasteiger partial charge in [0.1, 0.15) is 24.7 Å². The average molecular weight is 397 g/mol. The average Bonchev–Trinajstić information content (AvgIpc) is 2.75. The van der Waals surface area contributed by atoms with Crippen LogP contribution < -0.4 is 24.3 Å². The fraction of sp³-hybridized carbons (Fsp3) is 0.348. The maximum absolute atomic E-state index is 12.6. The molecule has 2 aromatic carbocycles. The van der Waals surface area contributed by atoms with Crippen molar-refractivity contribution in [1.29, 1.82) is 0 Å². The molecule has 2 aromatic rings. The summed E-state index contributed by atoms with van der Waals surface area (Å²) >= 11 is 0. The quantitative estimate of drug-likeness (QED) is 0.716. The molecule has 1 N–H and O–H groups in total. The Kier molecular flexibility index (Phi) is 6.65. The zero-order chi connectivity index (χ0) is 20.8. The Bertz CT molecular complexity index is 891. The van der Waals surface area contributed by atoms with Gasteiger partial charge >= 0.3 is 0 Å². The molecular formula is C23H27NO5. The van der Waals surface area contributed by atoms with Crippen LogP contribution in [-0.2, 0) is 4.79 Å². The molecule has 1 amide bonds. The van der Waals surface area contributed by atoms with Crippen molar-refractivity contribution in [3.63, 3.8) is 0 Å². The molecule has 0 spiro atoms. The fourth-order valence-corrected chi connectivity index (χ4v) is 3.22. The van der Waals surface area contributed by atoms with E-state index >= 15 is 0 Å². The van der Waals surface area contributed by atoms with E-state index in [1.165, 1.54) is 6.08 Å². The van der Waals surface area contributed by atoms with Gasteiger partial charge in [0.2, 0.25) is 5.91 Å². The van der Waals surface area contributed by atoms with Gasteiger partial charge in [0.05, 0.1) is 20.3 Å². The molecule has 6 heteroatoms. The molecule has 6 nitrogen and oxygen atoms in total. The molecule has 0 aromatic heterocycles. The van der Waals surface area contributed by atoms with E-state index in [1.807, 2.05) is 36.4 Å². The lowest BCUT2D eigenvalue weighted by Crippen LogP contribution is -2.30. The van der Waals surface area contributed by atoms with Crippen molar-refractivity contribution < 1.29 is 23.7 Å². The molecule has 1 atom stereocenters. The Morgan fingerprint density at radius 3 is 2.48 bits per heavy atom. The zero-order valence-corrected chi connectivity index (χ0v) is 17.2. The van der Waals surface area contributed by atoms with Crippen LogP contribution in [-0.4, -0.2) is 33.3 Å². The van der Waals surface area contributed by atoms with Gasteiger partial charge in [-0.15, -0.1) is 0 Å². The van der Waals surface area contributed by atoms with Crippen molar-refractivity contribution in [2.24, 2.45) is 5.92 Å². The van der Waals surface area contributed by atoms with E-state index < -0.39 is 0 Å². The number of carbonyl (C=O) groups is 1. The summed E-state index contributed by atoms with van der Waals surface area (Å²) in [7, 11) is 3.19. The number of hydrogen-bond donors (Lipinski definition) is 1. The van der Waals surface area contributed by atoms with Crippen molar-refractivity contribution in [2.75, 3.05) is 27.4 Å². The van der Waals surface area contributed by atoms with Crippen molar-refractivity contribution in [1.82, 2.24) is 5.32 Å². The van der Waals surface area contributed by atoms with Crippen molar-refractivity contribution in [3.05, 3.63) is 53.6 Å². The first-order valence-corrected chi connectivity index (χ1v) is 9.62. The number of benzene rings is 2. The van der Waals surface area contributed by atoms with Crippen molar-refractivity contribution >= 4 is 12.0 Å². The summed E-state index contributed by atoms with van der Waals surface area (Å²) in [5.41, 5.74) is 1.74. The highest BCUT2D eigenvalue weighted by molar-refractivity contribution is 5.92. The van der Waals surface area contributed by atoms with E-state index in [-0.39, 0.29) is 17.9 Å².